The van der Waals surface area contributed by atoms with Crippen molar-refractivity contribution in [2.24, 2.45) is 0 Å². The molecule has 160 valence electrons. The van der Waals surface area contributed by atoms with Gasteiger partial charge < -0.3 is 15.2 Å². The van der Waals surface area contributed by atoms with Crippen LogP contribution in [0.5, 0.6) is 0 Å². The molecule has 0 aliphatic heterocycles. The first-order chi connectivity index (χ1) is 14.1. The lowest BCUT2D eigenvalue weighted by atomic mass is 9.94. The molecular formula is C21H22F3N3O3. The molecule has 0 unspecified atom stereocenters. The summed E-state index contributed by atoms with van der Waals surface area (Å²) in [5, 5.41) is 2.24. The summed E-state index contributed by atoms with van der Waals surface area (Å²) in [6.07, 6.45) is -2.82. The monoisotopic (exact) mass is 421 g/mol. The molecule has 0 saturated carbocycles. The number of nitrogens with zero attached hydrogens (tertiary/aromatic N) is 1. The quantitative estimate of drug-likeness (QED) is 0.767. The third kappa shape index (κ3) is 4.24. The number of rotatable bonds is 5. The minimum Gasteiger partial charge on any atom is -0.354 e. The molecule has 0 bridgehead atoms. The molecule has 2 aromatic rings. The number of anilines is 1. The van der Waals surface area contributed by atoms with Crippen LogP contribution < -0.4 is 5.32 Å². The smallest absolute Gasteiger partial charge is 0.354 e. The molecule has 1 aromatic heterocycles. The van der Waals surface area contributed by atoms with E-state index in [0.29, 0.717) is 36.1 Å². The number of amides is 2. The van der Waals surface area contributed by atoms with Crippen molar-refractivity contribution in [3.63, 3.8) is 0 Å². The Morgan fingerprint density at radius 1 is 1.20 bits per heavy atom. The van der Waals surface area contributed by atoms with Crippen LogP contribution >= 0.6 is 0 Å². The number of aromatic nitrogens is 1. The number of para-hydroxylation sites is 1. The molecule has 1 aliphatic rings. The van der Waals surface area contributed by atoms with E-state index in [1.807, 2.05) is 0 Å². The van der Waals surface area contributed by atoms with Crippen LogP contribution in [-0.2, 0) is 17.4 Å². The molecule has 30 heavy (non-hydrogen) atoms. The highest BCUT2D eigenvalue weighted by molar-refractivity contribution is 6.05. The average molecular weight is 421 g/mol. The maximum absolute atomic E-state index is 13.1. The van der Waals surface area contributed by atoms with Crippen LogP contribution in [0.25, 0.3) is 0 Å². The highest BCUT2D eigenvalue weighted by atomic mass is 19.4. The molecule has 3 rings (SSSR count). The summed E-state index contributed by atoms with van der Waals surface area (Å²) in [5.74, 6) is -1.24. The second kappa shape index (κ2) is 8.33. The van der Waals surface area contributed by atoms with Gasteiger partial charge in [-0.2, -0.15) is 13.2 Å². The minimum absolute atomic E-state index is 0.0198. The van der Waals surface area contributed by atoms with Crippen molar-refractivity contribution in [3.05, 3.63) is 52.3 Å². The predicted molar refractivity (Wildman–Crippen MR) is 104 cm³/mol. The van der Waals surface area contributed by atoms with Gasteiger partial charge >= 0.3 is 6.18 Å². The van der Waals surface area contributed by atoms with Gasteiger partial charge in [-0.1, -0.05) is 12.1 Å². The summed E-state index contributed by atoms with van der Waals surface area (Å²) in [7, 11) is 0. The van der Waals surface area contributed by atoms with Crippen molar-refractivity contribution in [1.29, 1.82) is 0 Å². The number of hydrogen-bond donors (Lipinski definition) is 2. The summed E-state index contributed by atoms with van der Waals surface area (Å²) < 4.78 is 39.4. The Labute approximate surface area is 171 Å². The Kier molecular flexibility index (Phi) is 6.00. The lowest BCUT2D eigenvalue weighted by molar-refractivity contribution is -0.137. The van der Waals surface area contributed by atoms with E-state index in [2.05, 4.69) is 10.3 Å². The fraction of sp³-hybridized carbons (Fsp3) is 0.381. The van der Waals surface area contributed by atoms with E-state index < -0.39 is 30.1 Å². The van der Waals surface area contributed by atoms with E-state index in [0.717, 1.165) is 12.1 Å². The van der Waals surface area contributed by atoms with Gasteiger partial charge in [0.1, 0.15) is 12.2 Å². The van der Waals surface area contributed by atoms with E-state index in [9.17, 15) is 27.6 Å². The van der Waals surface area contributed by atoms with Crippen LogP contribution in [0.4, 0.5) is 18.9 Å². The first kappa shape index (κ1) is 21.6. The second-order valence-corrected chi connectivity index (χ2v) is 7.17. The zero-order chi connectivity index (χ0) is 22.1. The highest BCUT2D eigenvalue weighted by Crippen LogP contribution is 2.34. The van der Waals surface area contributed by atoms with E-state index >= 15 is 0 Å². The maximum Gasteiger partial charge on any atom is 0.418 e. The normalized spacial score (nSPS) is 13.7. The minimum atomic E-state index is -4.61. The highest BCUT2D eigenvalue weighted by Gasteiger charge is 2.34. The number of alkyl halides is 3. The van der Waals surface area contributed by atoms with E-state index in [4.69, 9.17) is 0 Å². The van der Waals surface area contributed by atoms with Crippen LogP contribution in [0.3, 0.4) is 0 Å². The molecule has 0 radical (unpaired) electrons. The second-order valence-electron chi connectivity index (χ2n) is 7.17. The molecule has 1 aliphatic carbocycles. The van der Waals surface area contributed by atoms with E-state index in [1.165, 1.54) is 17.0 Å². The van der Waals surface area contributed by atoms with Gasteiger partial charge in [0.2, 0.25) is 5.91 Å². The van der Waals surface area contributed by atoms with Crippen molar-refractivity contribution in [3.8, 4) is 0 Å². The molecule has 1 heterocycles. The number of carbonyl (C=O) groups is 3. The van der Waals surface area contributed by atoms with E-state index in [1.54, 1.807) is 13.8 Å². The molecule has 0 spiro atoms. The van der Waals surface area contributed by atoms with Gasteiger partial charge in [0.05, 0.1) is 11.3 Å². The van der Waals surface area contributed by atoms with Crippen LogP contribution in [0, 0.1) is 6.92 Å². The first-order valence-electron chi connectivity index (χ1n) is 9.63. The van der Waals surface area contributed by atoms with Crippen molar-refractivity contribution >= 4 is 23.3 Å². The van der Waals surface area contributed by atoms with Crippen molar-refractivity contribution in [2.75, 3.05) is 18.4 Å². The van der Waals surface area contributed by atoms with Crippen molar-refractivity contribution in [1.82, 2.24) is 9.88 Å². The van der Waals surface area contributed by atoms with Gasteiger partial charge in [-0.25, -0.2) is 0 Å². The molecule has 2 N–H and O–H groups in total. The Hall–Kier alpha value is -3.10. The number of nitrogens with one attached hydrogen (secondary N) is 2. The lowest BCUT2D eigenvalue weighted by Gasteiger charge is -2.21. The topological polar surface area (TPSA) is 82.3 Å². The number of H-pyrrole nitrogens is 1. The predicted octanol–water partition coefficient (Wildman–Crippen LogP) is 3.96. The fourth-order valence-electron chi connectivity index (χ4n) is 3.68. The molecular weight excluding hydrogens is 399 g/mol. The molecule has 0 fully saturated rings. The number of Topliss-reactive ketones (excluding diaryl/α,β-unsaturated/α-hetero) is 1. The Bertz CT molecular complexity index is 995. The number of benzene rings is 1. The van der Waals surface area contributed by atoms with Gasteiger partial charge in [-0.15, -0.1) is 0 Å². The summed E-state index contributed by atoms with van der Waals surface area (Å²) in [5.41, 5.74) is 0.701. The molecule has 2 amide bonds. The van der Waals surface area contributed by atoms with Gasteiger partial charge in [-0.3, -0.25) is 14.4 Å². The number of fused-ring (bicyclic) bond motifs is 1. The number of carbonyl (C=O) groups excluding carboxylic acids is 3. The lowest BCUT2D eigenvalue weighted by Crippen LogP contribution is -2.38. The Morgan fingerprint density at radius 2 is 1.90 bits per heavy atom. The third-order valence-electron chi connectivity index (χ3n) is 5.16. The van der Waals surface area contributed by atoms with Crippen molar-refractivity contribution < 1.29 is 27.6 Å². The summed E-state index contributed by atoms with van der Waals surface area (Å²) >= 11 is 0. The number of likely N-dealkylation sites (N-methyl/N-ethyl adjacent to an activating group) is 1. The molecule has 0 saturated heterocycles. The SMILES string of the molecule is CCN(CC(=O)Nc1ccccc1C(F)(F)F)C(=O)c1[nH]c2c(c1C)C(=O)CCC2. The zero-order valence-electron chi connectivity index (χ0n) is 16.7. The largest absolute Gasteiger partial charge is 0.418 e. The van der Waals surface area contributed by atoms with Gasteiger partial charge in [0, 0.05) is 24.2 Å². The van der Waals surface area contributed by atoms with Gasteiger partial charge in [-0.05, 0) is 44.4 Å². The fourth-order valence-corrected chi connectivity index (χ4v) is 3.68. The van der Waals surface area contributed by atoms with Crippen LogP contribution in [0.2, 0.25) is 0 Å². The van der Waals surface area contributed by atoms with Gasteiger partial charge in [0.25, 0.3) is 5.91 Å². The van der Waals surface area contributed by atoms with Crippen molar-refractivity contribution in [2.45, 2.75) is 39.3 Å². The molecule has 9 heteroatoms. The number of aromatic amines is 1. The number of halogens is 3. The van der Waals surface area contributed by atoms with Crippen LogP contribution in [0.1, 0.15) is 57.4 Å². The summed E-state index contributed by atoms with van der Waals surface area (Å²) in [4.78, 5) is 41.8. The molecule has 0 atom stereocenters. The maximum atomic E-state index is 13.1. The Balaban J connectivity index is 1.77. The molecule has 6 nitrogen and oxygen atoms in total. The summed E-state index contributed by atoms with van der Waals surface area (Å²) in [6.45, 7) is 3.10. The number of aryl methyl sites for hydroxylation is 1. The third-order valence-corrected chi connectivity index (χ3v) is 5.16. The van der Waals surface area contributed by atoms with Crippen LogP contribution in [0.15, 0.2) is 24.3 Å². The Morgan fingerprint density at radius 3 is 2.53 bits per heavy atom. The standard InChI is InChI=1S/C21H22F3N3O3/c1-3-27(11-17(29)25-14-8-5-4-7-13(14)21(22,23)24)20(30)19-12(2)18-15(26-19)9-6-10-16(18)28/h4-5,7-8,26H,3,6,9-11H2,1-2H3,(H,25,29). The van der Waals surface area contributed by atoms with Gasteiger partial charge in [0.15, 0.2) is 5.78 Å². The average Bonchev–Trinajstić information content (AvgIpc) is 3.03. The first-order valence-corrected chi connectivity index (χ1v) is 9.63. The summed E-state index contributed by atoms with van der Waals surface area (Å²) in [6, 6.07) is 4.66. The van der Waals surface area contributed by atoms with Crippen LogP contribution in [-0.4, -0.2) is 40.6 Å². The number of ketones is 1. The zero-order valence-corrected chi connectivity index (χ0v) is 16.7. The van der Waals surface area contributed by atoms with E-state index in [-0.39, 0.29) is 23.7 Å². The molecule has 1 aromatic carbocycles. The number of hydrogen-bond acceptors (Lipinski definition) is 3.